The van der Waals surface area contributed by atoms with Gasteiger partial charge in [0.1, 0.15) is 11.3 Å². The van der Waals surface area contributed by atoms with E-state index in [2.05, 4.69) is 10.3 Å². The smallest absolute Gasteiger partial charge is 0.261 e. The summed E-state index contributed by atoms with van der Waals surface area (Å²) in [4.78, 5) is 26.4. The molecule has 0 fully saturated rings. The average Bonchev–Trinajstić information content (AvgIpc) is 2.38. The molecule has 0 aliphatic rings. The predicted octanol–water partition coefficient (Wildman–Crippen LogP) is 2.60. The molecule has 1 amide bonds. The number of methoxy groups -OCH3 is 1. The number of hydrogen-bond donors (Lipinski definition) is 2. The molecule has 6 heteroatoms. The van der Waals surface area contributed by atoms with E-state index in [0.717, 1.165) is 0 Å². The lowest BCUT2D eigenvalue weighted by Crippen LogP contribution is -2.24. The fraction of sp³-hybridized carbons (Fsp3) is 0.143. The van der Waals surface area contributed by atoms with Gasteiger partial charge in [0.2, 0.25) is 0 Å². The summed E-state index contributed by atoms with van der Waals surface area (Å²) < 4.78 is 5.14. The topological polar surface area (TPSA) is 71.2 Å². The predicted molar refractivity (Wildman–Crippen MR) is 77.8 cm³/mol. The molecule has 0 radical (unpaired) electrons. The summed E-state index contributed by atoms with van der Waals surface area (Å²) in [5.74, 6) is -0.0438. The number of rotatable bonds is 3. The van der Waals surface area contributed by atoms with Crippen LogP contribution in [0.15, 0.2) is 35.3 Å². The number of aryl methyl sites for hydroxylation is 1. The van der Waals surface area contributed by atoms with Crippen molar-refractivity contribution in [1.29, 1.82) is 0 Å². The first-order chi connectivity index (χ1) is 9.52. The van der Waals surface area contributed by atoms with Crippen molar-refractivity contribution in [2.75, 3.05) is 12.4 Å². The SMILES string of the molecule is COc1ccc(Cl)cc1NC(=O)c1c(C)cc[nH]c1=O. The van der Waals surface area contributed by atoms with Crippen molar-refractivity contribution in [2.45, 2.75) is 6.92 Å². The number of halogens is 1. The number of H-pyrrole nitrogens is 1. The standard InChI is InChI=1S/C14H13ClN2O3/c1-8-5-6-16-13(18)12(8)14(19)17-10-7-9(15)3-4-11(10)20-2/h3-7H,1-2H3,(H,16,18)(H,17,19). The first-order valence-electron chi connectivity index (χ1n) is 5.86. The number of aromatic nitrogens is 1. The minimum Gasteiger partial charge on any atom is -0.495 e. The summed E-state index contributed by atoms with van der Waals surface area (Å²) in [6.07, 6.45) is 1.49. The molecule has 0 atom stereocenters. The molecule has 5 nitrogen and oxygen atoms in total. The minimum absolute atomic E-state index is 0.0644. The Morgan fingerprint density at radius 3 is 2.75 bits per heavy atom. The molecule has 0 saturated heterocycles. The Morgan fingerprint density at radius 1 is 1.35 bits per heavy atom. The van der Waals surface area contributed by atoms with Crippen LogP contribution in [-0.4, -0.2) is 18.0 Å². The first-order valence-corrected chi connectivity index (χ1v) is 6.24. The van der Waals surface area contributed by atoms with Crippen molar-refractivity contribution in [1.82, 2.24) is 4.98 Å². The maximum Gasteiger partial charge on any atom is 0.261 e. The van der Waals surface area contributed by atoms with E-state index >= 15 is 0 Å². The highest BCUT2D eigenvalue weighted by Gasteiger charge is 2.15. The highest BCUT2D eigenvalue weighted by atomic mass is 35.5. The molecule has 2 aromatic rings. The van der Waals surface area contributed by atoms with Gasteiger partial charge in [-0.1, -0.05) is 11.6 Å². The monoisotopic (exact) mass is 292 g/mol. The fourth-order valence-electron chi connectivity index (χ4n) is 1.82. The third-order valence-corrected chi connectivity index (χ3v) is 3.04. The number of amides is 1. The molecule has 0 aliphatic carbocycles. The van der Waals surface area contributed by atoms with Gasteiger partial charge in [-0.25, -0.2) is 0 Å². The second-order valence-corrected chi connectivity index (χ2v) is 4.60. The molecule has 2 N–H and O–H groups in total. The van der Waals surface area contributed by atoms with Gasteiger partial charge in [0.15, 0.2) is 0 Å². The third-order valence-electron chi connectivity index (χ3n) is 2.81. The quantitative estimate of drug-likeness (QED) is 0.913. The summed E-state index contributed by atoms with van der Waals surface area (Å²) in [5.41, 5.74) is 0.623. The molecule has 1 aromatic heterocycles. The molecular formula is C14H13ClN2O3. The average molecular weight is 293 g/mol. The maximum absolute atomic E-state index is 12.2. The lowest BCUT2D eigenvalue weighted by molar-refractivity contribution is 0.102. The summed E-state index contributed by atoms with van der Waals surface area (Å²) in [6, 6.07) is 6.51. The molecule has 0 bridgehead atoms. The zero-order valence-corrected chi connectivity index (χ0v) is 11.7. The van der Waals surface area contributed by atoms with Crippen LogP contribution in [0.3, 0.4) is 0 Å². The lowest BCUT2D eigenvalue weighted by atomic mass is 10.1. The summed E-state index contributed by atoms with van der Waals surface area (Å²) in [5, 5.41) is 3.09. The van der Waals surface area contributed by atoms with Crippen molar-refractivity contribution < 1.29 is 9.53 Å². The molecule has 1 heterocycles. The van der Waals surface area contributed by atoms with Gasteiger partial charge in [-0.05, 0) is 36.8 Å². The Labute approximate surface area is 120 Å². The number of benzene rings is 1. The van der Waals surface area contributed by atoms with Gasteiger partial charge in [-0.15, -0.1) is 0 Å². The van der Waals surface area contributed by atoms with Crippen molar-refractivity contribution in [3.8, 4) is 5.75 Å². The Balaban J connectivity index is 2.38. The lowest BCUT2D eigenvalue weighted by Gasteiger charge is -2.11. The number of aromatic amines is 1. The van der Waals surface area contributed by atoms with Gasteiger partial charge in [0.05, 0.1) is 12.8 Å². The zero-order valence-electron chi connectivity index (χ0n) is 11.0. The zero-order chi connectivity index (χ0) is 14.7. The van der Waals surface area contributed by atoms with Gasteiger partial charge < -0.3 is 15.0 Å². The molecule has 2 rings (SSSR count). The van der Waals surface area contributed by atoms with Crippen LogP contribution in [-0.2, 0) is 0 Å². The van der Waals surface area contributed by atoms with Gasteiger partial charge in [0, 0.05) is 11.2 Å². The van der Waals surface area contributed by atoms with Crippen LogP contribution in [0.25, 0.3) is 0 Å². The fourth-order valence-corrected chi connectivity index (χ4v) is 1.99. The molecule has 0 aliphatic heterocycles. The van der Waals surface area contributed by atoms with E-state index in [-0.39, 0.29) is 5.56 Å². The summed E-state index contributed by atoms with van der Waals surface area (Å²) in [7, 11) is 1.49. The Bertz CT molecular complexity index is 710. The molecule has 20 heavy (non-hydrogen) atoms. The van der Waals surface area contributed by atoms with Crippen LogP contribution in [0, 0.1) is 6.92 Å². The number of carbonyl (C=O) groups is 1. The van der Waals surface area contributed by atoms with Crippen molar-refractivity contribution >= 4 is 23.2 Å². The minimum atomic E-state index is -0.509. The third kappa shape index (κ3) is 2.83. The number of hydrogen-bond acceptors (Lipinski definition) is 3. The Morgan fingerprint density at radius 2 is 2.10 bits per heavy atom. The van der Waals surface area contributed by atoms with E-state index in [1.54, 1.807) is 31.2 Å². The van der Waals surface area contributed by atoms with E-state index < -0.39 is 11.5 Å². The van der Waals surface area contributed by atoms with E-state index in [9.17, 15) is 9.59 Å². The van der Waals surface area contributed by atoms with Crippen LogP contribution < -0.4 is 15.6 Å². The van der Waals surface area contributed by atoms with Crippen LogP contribution in [0.5, 0.6) is 5.75 Å². The van der Waals surface area contributed by atoms with Crippen LogP contribution >= 0.6 is 11.6 Å². The van der Waals surface area contributed by atoms with Crippen LogP contribution in [0.1, 0.15) is 15.9 Å². The van der Waals surface area contributed by atoms with Gasteiger partial charge in [0.25, 0.3) is 11.5 Å². The highest BCUT2D eigenvalue weighted by molar-refractivity contribution is 6.31. The van der Waals surface area contributed by atoms with E-state index in [4.69, 9.17) is 16.3 Å². The van der Waals surface area contributed by atoms with Crippen molar-refractivity contribution in [3.63, 3.8) is 0 Å². The molecule has 0 unspecified atom stereocenters. The Hall–Kier alpha value is -2.27. The number of pyridine rings is 1. The summed E-state index contributed by atoms with van der Waals surface area (Å²) >= 11 is 5.89. The number of nitrogens with one attached hydrogen (secondary N) is 2. The van der Waals surface area contributed by atoms with E-state index in [1.165, 1.54) is 13.3 Å². The number of anilines is 1. The second-order valence-electron chi connectivity index (χ2n) is 4.16. The van der Waals surface area contributed by atoms with Gasteiger partial charge >= 0.3 is 0 Å². The highest BCUT2D eigenvalue weighted by Crippen LogP contribution is 2.28. The van der Waals surface area contributed by atoms with Crippen LogP contribution in [0.2, 0.25) is 5.02 Å². The van der Waals surface area contributed by atoms with E-state index in [1.807, 2.05) is 0 Å². The molecular weight excluding hydrogens is 280 g/mol. The van der Waals surface area contributed by atoms with Crippen LogP contribution in [0.4, 0.5) is 5.69 Å². The van der Waals surface area contributed by atoms with Crippen molar-refractivity contribution in [3.05, 3.63) is 57.0 Å². The number of ether oxygens (including phenoxy) is 1. The second kappa shape index (κ2) is 5.79. The largest absolute Gasteiger partial charge is 0.495 e. The molecule has 0 saturated carbocycles. The maximum atomic E-state index is 12.2. The molecule has 1 aromatic carbocycles. The summed E-state index contributed by atoms with van der Waals surface area (Å²) in [6.45, 7) is 1.69. The first kappa shape index (κ1) is 14.1. The molecule has 0 spiro atoms. The molecule has 104 valence electrons. The normalized spacial score (nSPS) is 10.2. The van der Waals surface area contributed by atoms with Gasteiger partial charge in [-0.3, -0.25) is 9.59 Å². The number of carbonyl (C=O) groups excluding carboxylic acids is 1. The Kier molecular flexibility index (Phi) is 4.10. The van der Waals surface area contributed by atoms with Crippen molar-refractivity contribution in [2.24, 2.45) is 0 Å². The van der Waals surface area contributed by atoms with E-state index in [0.29, 0.717) is 22.0 Å². The van der Waals surface area contributed by atoms with Gasteiger partial charge in [-0.2, -0.15) is 0 Å².